The Hall–Kier alpha value is -6.43. The lowest BCUT2D eigenvalue weighted by atomic mass is 10.1. The minimum absolute atomic E-state index is 0.164. The smallest absolute Gasteiger partial charge is 0.179 e. The minimum Gasteiger partial charge on any atom is -0.300 e. The van der Waals surface area contributed by atoms with Gasteiger partial charge in [0.15, 0.2) is 19.7 Å². The number of benzene rings is 7. The SMILES string of the molecule is N=C(/N=C(\N=C\n1c2ccccc2c2cc([Si](c3ccccc3)(c3ccccc3)c3ccccc3)ccc21)c1ccccc1)c1ccccc1. The first-order valence-electron chi connectivity index (χ1n) is 16.8. The van der Waals surface area contributed by atoms with E-state index in [-0.39, 0.29) is 5.84 Å². The molecule has 1 heterocycles. The number of rotatable bonds is 7. The first-order valence-corrected chi connectivity index (χ1v) is 18.8. The predicted octanol–water partition coefficient (Wildman–Crippen LogP) is 7.52. The molecule has 0 unspecified atom stereocenters. The minimum atomic E-state index is -2.71. The van der Waals surface area contributed by atoms with Gasteiger partial charge in [-0.25, -0.2) is 9.98 Å². The zero-order chi connectivity index (χ0) is 33.8. The van der Waals surface area contributed by atoms with Gasteiger partial charge in [0.1, 0.15) is 6.34 Å². The Morgan fingerprint density at radius 2 is 0.920 bits per heavy atom. The molecule has 8 aromatic rings. The van der Waals surface area contributed by atoms with Gasteiger partial charge in [-0.1, -0.05) is 182 Å². The summed E-state index contributed by atoms with van der Waals surface area (Å²) in [5, 5.41) is 16.4. The summed E-state index contributed by atoms with van der Waals surface area (Å²) in [7, 11) is -2.71. The zero-order valence-corrected chi connectivity index (χ0v) is 28.4. The van der Waals surface area contributed by atoms with E-state index in [2.05, 4.69) is 138 Å². The van der Waals surface area contributed by atoms with Crippen molar-refractivity contribution >= 4 is 68.6 Å². The van der Waals surface area contributed by atoms with Crippen molar-refractivity contribution in [2.75, 3.05) is 0 Å². The third-order valence-corrected chi connectivity index (χ3v) is 14.1. The van der Waals surface area contributed by atoms with Crippen molar-refractivity contribution in [1.29, 1.82) is 5.41 Å². The van der Waals surface area contributed by atoms with Crippen LogP contribution in [0.15, 0.2) is 204 Å². The highest BCUT2D eigenvalue weighted by molar-refractivity contribution is 7.20. The molecule has 0 aliphatic carbocycles. The Labute approximate surface area is 292 Å². The van der Waals surface area contributed by atoms with Gasteiger partial charge in [0.05, 0.1) is 11.0 Å². The second-order valence-corrected chi connectivity index (χ2v) is 16.0. The van der Waals surface area contributed by atoms with E-state index in [0.29, 0.717) is 5.84 Å². The van der Waals surface area contributed by atoms with Crippen LogP contribution in [0.5, 0.6) is 0 Å². The topological polar surface area (TPSA) is 53.5 Å². The quantitative estimate of drug-likeness (QED) is 0.0798. The van der Waals surface area contributed by atoms with Crippen molar-refractivity contribution in [2.24, 2.45) is 9.98 Å². The summed E-state index contributed by atoms with van der Waals surface area (Å²) in [4.78, 5) is 9.69. The predicted molar refractivity (Wildman–Crippen MR) is 213 cm³/mol. The van der Waals surface area contributed by atoms with E-state index >= 15 is 0 Å². The van der Waals surface area contributed by atoms with Gasteiger partial charge in [-0.2, -0.15) is 0 Å². The lowest BCUT2D eigenvalue weighted by Crippen LogP contribution is -2.74. The second kappa shape index (κ2) is 13.6. The summed E-state index contributed by atoms with van der Waals surface area (Å²) in [6, 6.07) is 68.0. The molecule has 0 aliphatic rings. The fourth-order valence-corrected chi connectivity index (χ4v) is 11.8. The third kappa shape index (κ3) is 5.60. The molecule has 0 saturated carbocycles. The van der Waals surface area contributed by atoms with E-state index in [1.54, 1.807) is 0 Å². The van der Waals surface area contributed by atoms with E-state index < -0.39 is 8.07 Å². The lowest BCUT2D eigenvalue weighted by Gasteiger charge is -2.34. The highest BCUT2D eigenvalue weighted by Gasteiger charge is 2.41. The zero-order valence-electron chi connectivity index (χ0n) is 27.4. The molecule has 4 nitrogen and oxygen atoms in total. The van der Waals surface area contributed by atoms with Crippen LogP contribution in [0.2, 0.25) is 0 Å². The van der Waals surface area contributed by atoms with Gasteiger partial charge in [-0.3, -0.25) is 9.98 Å². The van der Waals surface area contributed by atoms with Crippen LogP contribution < -0.4 is 20.7 Å². The molecule has 0 radical (unpaired) electrons. The van der Waals surface area contributed by atoms with Crippen molar-refractivity contribution in [1.82, 2.24) is 4.57 Å². The van der Waals surface area contributed by atoms with E-state index in [1.807, 2.05) is 67.0 Å². The Kier molecular flexibility index (Phi) is 8.39. The average molecular weight is 659 g/mol. The molecule has 0 amide bonds. The van der Waals surface area contributed by atoms with Crippen LogP contribution >= 0.6 is 0 Å². The van der Waals surface area contributed by atoms with E-state index in [1.165, 1.54) is 26.1 Å². The molecule has 0 fully saturated rings. The number of hydrogen-bond acceptors (Lipinski definition) is 1. The van der Waals surface area contributed by atoms with Crippen LogP contribution in [0.25, 0.3) is 21.8 Å². The van der Waals surface area contributed by atoms with Crippen molar-refractivity contribution in [3.8, 4) is 0 Å². The highest BCUT2D eigenvalue weighted by atomic mass is 28.3. The maximum absolute atomic E-state index is 8.76. The normalized spacial score (nSPS) is 12.1. The molecule has 1 aromatic heterocycles. The molecular weight excluding hydrogens is 625 g/mol. The van der Waals surface area contributed by atoms with Crippen LogP contribution in [-0.2, 0) is 0 Å². The van der Waals surface area contributed by atoms with Gasteiger partial charge in [-0.05, 0) is 32.9 Å². The Morgan fingerprint density at radius 1 is 0.460 bits per heavy atom. The number of aliphatic imine (C=N–C) groups is 2. The van der Waals surface area contributed by atoms with Crippen LogP contribution in [-0.4, -0.2) is 30.7 Å². The Balaban J connectivity index is 1.34. The summed E-state index contributed by atoms with van der Waals surface area (Å²) >= 11 is 0. The number of amidine groups is 2. The second-order valence-electron chi connectivity index (χ2n) is 12.2. The van der Waals surface area contributed by atoms with Gasteiger partial charge in [0.2, 0.25) is 0 Å². The number of para-hydroxylation sites is 1. The average Bonchev–Trinajstić information content (AvgIpc) is 3.51. The van der Waals surface area contributed by atoms with Crippen LogP contribution in [0, 0.1) is 5.41 Å². The Morgan fingerprint density at radius 3 is 1.48 bits per heavy atom. The molecule has 8 rings (SSSR count). The molecule has 7 aromatic carbocycles. The van der Waals surface area contributed by atoms with Gasteiger partial charge < -0.3 is 0 Å². The van der Waals surface area contributed by atoms with Gasteiger partial charge >= 0.3 is 0 Å². The number of fused-ring (bicyclic) bond motifs is 3. The van der Waals surface area contributed by atoms with Crippen LogP contribution in [0.4, 0.5) is 0 Å². The molecular formula is C45H34N4Si. The lowest BCUT2D eigenvalue weighted by molar-refractivity contribution is 1.31. The first-order chi connectivity index (χ1) is 24.7. The maximum atomic E-state index is 8.76. The van der Waals surface area contributed by atoms with E-state index in [0.717, 1.165) is 27.5 Å². The van der Waals surface area contributed by atoms with Crippen molar-refractivity contribution in [3.05, 3.63) is 205 Å². The van der Waals surface area contributed by atoms with Gasteiger partial charge in [-0.15, -0.1) is 0 Å². The van der Waals surface area contributed by atoms with Crippen molar-refractivity contribution < 1.29 is 0 Å². The summed E-state index contributed by atoms with van der Waals surface area (Å²) < 4.78 is 2.15. The molecule has 0 bridgehead atoms. The largest absolute Gasteiger partial charge is 0.300 e. The number of nitrogens with one attached hydrogen (secondary N) is 1. The van der Waals surface area contributed by atoms with E-state index in [9.17, 15) is 0 Å². The molecule has 1 N–H and O–H groups in total. The maximum Gasteiger partial charge on any atom is 0.179 e. The molecule has 0 aliphatic heterocycles. The van der Waals surface area contributed by atoms with Gasteiger partial charge in [0.25, 0.3) is 0 Å². The van der Waals surface area contributed by atoms with E-state index in [4.69, 9.17) is 15.4 Å². The molecule has 5 heteroatoms. The number of hydrogen-bond donors (Lipinski definition) is 1. The van der Waals surface area contributed by atoms with Crippen molar-refractivity contribution in [3.63, 3.8) is 0 Å². The molecule has 50 heavy (non-hydrogen) atoms. The summed E-state index contributed by atoms with van der Waals surface area (Å²) in [5.41, 5.74) is 3.70. The third-order valence-electron chi connectivity index (χ3n) is 9.36. The summed E-state index contributed by atoms with van der Waals surface area (Å²) in [6.45, 7) is 0. The number of aromatic nitrogens is 1. The van der Waals surface area contributed by atoms with Crippen molar-refractivity contribution in [2.45, 2.75) is 0 Å². The summed E-state index contributed by atoms with van der Waals surface area (Å²) in [5.74, 6) is 0.642. The highest BCUT2D eigenvalue weighted by Crippen LogP contribution is 2.28. The molecule has 238 valence electrons. The molecule has 0 spiro atoms. The molecule has 0 saturated heterocycles. The fraction of sp³-hybridized carbons (Fsp3) is 0. The monoisotopic (exact) mass is 658 g/mol. The number of nitrogens with zero attached hydrogens (tertiary/aromatic N) is 3. The van der Waals surface area contributed by atoms with Crippen LogP contribution in [0.1, 0.15) is 11.1 Å². The van der Waals surface area contributed by atoms with Crippen LogP contribution in [0.3, 0.4) is 0 Å². The summed E-state index contributed by atoms with van der Waals surface area (Å²) in [6.07, 6.45) is 1.85. The first kappa shape index (κ1) is 30.9. The molecule has 0 atom stereocenters. The fourth-order valence-electron chi connectivity index (χ4n) is 7.06. The standard InChI is InChI=1S/C45H34N4Si/c46-44(34-18-6-1-7-19-34)48-45(35-20-8-2-9-21-35)47-33-49-42-29-17-16-28-40(42)41-32-39(30-31-43(41)49)50(36-22-10-3-11-23-36,37-24-12-4-13-25-37)38-26-14-5-15-27-38/h1-33,46H/b46-44?,47-33+,48-45-. The van der Waals surface area contributed by atoms with Gasteiger partial charge in [0, 0.05) is 21.9 Å². The Bertz CT molecular complexity index is 2380.